The lowest BCUT2D eigenvalue weighted by atomic mass is 9.26. The molecule has 0 aliphatic heterocycles. The Balaban J connectivity index is 1.61. The minimum absolute atomic E-state index is 0.692. The Kier molecular flexibility index (Phi) is 3.36. The van der Waals surface area contributed by atoms with Crippen LogP contribution in [0.1, 0.15) is 92.4 Å². The molecule has 0 N–H and O–H groups in total. The zero-order valence-electron chi connectivity index (χ0n) is 15.8. The standard InChI is InChI=1S/C22H38/c1-6-10-16-15(7-2)17-13-18-19(14-20(16,17)3)22(5)12-9-8-11-21(18,22)4/h15-19H,6-14H2,1-5H3. The SMILES string of the molecule is CCCC1C(CC)C2CC3C(CC12C)C1(C)CCCCC31C. The zero-order chi connectivity index (χ0) is 15.8. The summed E-state index contributed by atoms with van der Waals surface area (Å²) in [5.74, 6) is 5.32. The van der Waals surface area contributed by atoms with E-state index in [0.29, 0.717) is 16.2 Å². The van der Waals surface area contributed by atoms with Crippen molar-refractivity contribution < 1.29 is 0 Å². The first-order valence-corrected chi connectivity index (χ1v) is 10.4. The van der Waals surface area contributed by atoms with Crippen LogP contribution in [-0.2, 0) is 0 Å². The predicted molar refractivity (Wildman–Crippen MR) is 94.7 cm³/mol. The average molecular weight is 303 g/mol. The van der Waals surface area contributed by atoms with Crippen molar-refractivity contribution in [1.82, 2.24) is 0 Å². The highest BCUT2D eigenvalue weighted by molar-refractivity contribution is 5.21. The van der Waals surface area contributed by atoms with Crippen molar-refractivity contribution in [3.63, 3.8) is 0 Å². The monoisotopic (exact) mass is 302 g/mol. The highest BCUT2D eigenvalue weighted by atomic mass is 14.8. The van der Waals surface area contributed by atoms with E-state index < -0.39 is 0 Å². The quantitative estimate of drug-likeness (QED) is 0.544. The van der Waals surface area contributed by atoms with Crippen LogP contribution < -0.4 is 0 Å². The molecule has 8 unspecified atom stereocenters. The highest BCUT2D eigenvalue weighted by Gasteiger charge is 2.73. The Morgan fingerprint density at radius 2 is 1.50 bits per heavy atom. The number of rotatable bonds is 3. The van der Waals surface area contributed by atoms with Gasteiger partial charge in [-0.05, 0) is 77.9 Å². The van der Waals surface area contributed by atoms with Gasteiger partial charge in [-0.25, -0.2) is 0 Å². The summed E-state index contributed by atoms with van der Waals surface area (Å²) in [6.45, 7) is 12.9. The number of hydrogen-bond acceptors (Lipinski definition) is 0. The molecule has 4 rings (SSSR count). The van der Waals surface area contributed by atoms with E-state index in [0.717, 1.165) is 29.6 Å². The lowest BCUT2D eigenvalue weighted by molar-refractivity contribution is -0.297. The van der Waals surface area contributed by atoms with Gasteiger partial charge in [-0.1, -0.05) is 60.3 Å². The van der Waals surface area contributed by atoms with Crippen LogP contribution in [0.15, 0.2) is 0 Å². The topological polar surface area (TPSA) is 0 Å². The van der Waals surface area contributed by atoms with E-state index in [9.17, 15) is 0 Å². The highest BCUT2D eigenvalue weighted by Crippen LogP contribution is 2.80. The Morgan fingerprint density at radius 1 is 0.864 bits per heavy atom. The Morgan fingerprint density at radius 3 is 2.09 bits per heavy atom. The fourth-order valence-electron chi connectivity index (χ4n) is 8.69. The maximum Gasteiger partial charge on any atom is -0.0238 e. The van der Waals surface area contributed by atoms with E-state index in [-0.39, 0.29) is 0 Å². The van der Waals surface area contributed by atoms with Gasteiger partial charge >= 0.3 is 0 Å². The molecule has 0 aromatic rings. The molecule has 8 atom stereocenters. The molecule has 0 nitrogen and oxygen atoms in total. The molecule has 0 spiro atoms. The molecule has 4 fully saturated rings. The van der Waals surface area contributed by atoms with Gasteiger partial charge in [0.05, 0.1) is 0 Å². The van der Waals surface area contributed by atoms with Crippen LogP contribution >= 0.6 is 0 Å². The van der Waals surface area contributed by atoms with Crippen LogP contribution in [0.4, 0.5) is 0 Å². The first kappa shape index (κ1) is 15.5. The van der Waals surface area contributed by atoms with E-state index in [1.807, 2.05) is 0 Å². The first-order valence-electron chi connectivity index (χ1n) is 10.4. The Bertz CT molecular complexity index is 453. The summed E-state index contributed by atoms with van der Waals surface area (Å²) in [5.41, 5.74) is 2.10. The van der Waals surface area contributed by atoms with Crippen molar-refractivity contribution in [2.75, 3.05) is 0 Å². The number of fused-ring (bicyclic) bond motifs is 5. The van der Waals surface area contributed by atoms with Crippen LogP contribution in [0.2, 0.25) is 0 Å². The summed E-state index contributed by atoms with van der Waals surface area (Å²) in [6, 6.07) is 0. The van der Waals surface area contributed by atoms with Gasteiger partial charge in [0, 0.05) is 0 Å². The molecule has 4 aliphatic carbocycles. The first-order chi connectivity index (χ1) is 10.4. The van der Waals surface area contributed by atoms with E-state index in [1.54, 1.807) is 12.8 Å². The van der Waals surface area contributed by atoms with Crippen LogP contribution in [0.25, 0.3) is 0 Å². The molecule has 0 aromatic carbocycles. The smallest absolute Gasteiger partial charge is 0.0238 e. The van der Waals surface area contributed by atoms with Gasteiger partial charge in [-0.3, -0.25) is 0 Å². The molecule has 0 heterocycles. The van der Waals surface area contributed by atoms with Gasteiger partial charge in [-0.15, -0.1) is 0 Å². The van der Waals surface area contributed by atoms with Gasteiger partial charge in [0.15, 0.2) is 0 Å². The second-order valence-corrected chi connectivity index (χ2v) is 10.3. The van der Waals surface area contributed by atoms with E-state index in [4.69, 9.17) is 0 Å². The van der Waals surface area contributed by atoms with Gasteiger partial charge in [-0.2, -0.15) is 0 Å². The average Bonchev–Trinajstić information content (AvgIpc) is 2.50. The molecule has 0 bridgehead atoms. The van der Waals surface area contributed by atoms with Crippen molar-refractivity contribution in [2.24, 2.45) is 45.8 Å². The largest absolute Gasteiger partial charge is 0.0654 e. The van der Waals surface area contributed by atoms with Gasteiger partial charge in [0.2, 0.25) is 0 Å². The third-order valence-electron chi connectivity index (χ3n) is 10.0. The lowest BCUT2D eigenvalue weighted by Crippen LogP contribution is -2.71. The third-order valence-corrected chi connectivity index (χ3v) is 10.0. The van der Waals surface area contributed by atoms with Gasteiger partial charge in [0.1, 0.15) is 0 Å². The number of hydrogen-bond donors (Lipinski definition) is 0. The normalized spacial score (nSPS) is 59.6. The van der Waals surface area contributed by atoms with Crippen molar-refractivity contribution >= 4 is 0 Å². The summed E-state index contributed by atoms with van der Waals surface area (Å²) in [6.07, 6.45) is 13.6. The minimum Gasteiger partial charge on any atom is -0.0654 e. The van der Waals surface area contributed by atoms with Gasteiger partial charge < -0.3 is 0 Å². The zero-order valence-corrected chi connectivity index (χ0v) is 15.8. The summed E-state index contributed by atoms with van der Waals surface area (Å²) in [7, 11) is 0. The molecule has 22 heavy (non-hydrogen) atoms. The molecular weight excluding hydrogens is 264 g/mol. The van der Waals surface area contributed by atoms with Crippen LogP contribution in [-0.4, -0.2) is 0 Å². The van der Waals surface area contributed by atoms with Crippen LogP contribution in [0.5, 0.6) is 0 Å². The van der Waals surface area contributed by atoms with E-state index in [2.05, 4.69) is 34.6 Å². The van der Waals surface area contributed by atoms with Crippen molar-refractivity contribution in [2.45, 2.75) is 92.4 Å². The summed E-state index contributed by atoms with van der Waals surface area (Å²) >= 11 is 0. The molecule has 0 saturated heterocycles. The summed E-state index contributed by atoms with van der Waals surface area (Å²) < 4.78 is 0. The molecule has 126 valence electrons. The van der Waals surface area contributed by atoms with E-state index >= 15 is 0 Å². The lowest BCUT2D eigenvalue weighted by Gasteiger charge is -2.78. The second kappa shape index (κ2) is 4.76. The third kappa shape index (κ3) is 1.56. The van der Waals surface area contributed by atoms with Crippen molar-refractivity contribution in [1.29, 1.82) is 0 Å². The summed E-state index contributed by atoms with van der Waals surface area (Å²) in [4.78, 5) is 0. The molecular formula is C22H38. The maximum absolute atomic E-state index is 2.70. The van der Waals surface area contributed by atoms with E-state index in [1.165, 1.54) is 44.9 Å². The molecule has 0 amide bonds. The van der Waals surface area contributed by atoms with Crippen LogP contribution in [0.3, 0.4) is 0 Å². The molecule has 0 radical (unpaired) electrons. The molecule has 4 aliphatic rings. The van der Waals surface area contributed by atoms with Crippen molar-refractivity contribution in [3.8, 4) is 0 Å². The molecule has 4 saturated carbocycles. The van der Waals surface area contributed by atoms with Gasteiger partial charge in [0.25, 0.3) is 0 Å². The molecule has 0 heteroatoms. The van der Waals surface area contributed by atoms with Crippen LogP contribution in [0, 0.1) is 45.8 Å². The predicted octanol–water partition coefficient (Wildman–Crippen LogP) is 6.69. The Labute approximate surface area is 138 Å². The fraction of sp³-hybridized carbons (Fsp3) is 1.00. The van der Waals surface area contributed by atoms with Crippen molar-refractivity contribution in [3.05, 3.63) is 0 Å². The second-order valence-electron chi connectivity index (χ2n) is 10.3. The molecule has 0 aromatic heterocycles. The fourth-order valence-corrected chi connectivity index (χ4v) is 8.69. The minimum atomic E-state index is 0.692. The maximum atomic E-state index is 2.70. The summed E-state index contributed by atoms with van der Waals surface area (Å²) in [5, 5.41) is 0. The Hall–Kier alpha value is 0.